The minimum absolute atomic E-state index is 0.166. The molecule has 1 aromatic rings. The van der Waals surface area contributed by atoms with Crippen LogP contribution in [0.15, 0.2) is 36.0 Å². The molecule has 6 heteroatoms. The number of carbonyl (C=O) groups is 2. The van der Waals surface area contributed by atoms with Crippen molar-refractivity contribution in [2.24, 2.45) is 0 Å². The third-order valence-electron chi connectivity index (χ3n) is 2.08. The number of benzene rings is 1. The van der Waals surface area contributed by atoms with Crippen LogP contribution in [0.1, 0.15) is 10.4 Å². The molecule has 0 saturated heterocycles. The van der Waals surface area contributed by atoms with Gasteiger partial charge in [0.15, 0.2) is 0 Å². The minimum Gasteiger partial charge on any atom is -0.448 e. The van der Waals surface area contributed by atoms with E-state index in [0.717, 1.165) is 6.07 Å². The molecule has 0 fully saturated rings. The van der Waals surface area contributed by atoms with Gasteiger partial charge in [-0.05, 0) is 12.1 Å². The fourth-order valence-corrected chi connectivity index (χ4v) is 1.44. The Morgan fingerprint density at radius 2 is 1.94 bits per heavy atom. The zero-order chi connectivity index (χ0) is 13.7. The molecular formula is C12H13FNO3P. The van der Waals surface area contributed by atoms with Crippen molar-refractivity contribution in [3.63, 3.8) is 0 Å². The van der Waals surface area contributed by atoms with E-state index in [-0.39, 0.29) is 11.1 Å². The summed E-state index contributed by atoms with van der Waals surface area (Å²) in [7, 11) is 5.05. The second-order valence-electron chi connectivity index (χ2n) is 3.72. The smallest absolute Gasteiger partial charge is 0.345 e. The van der Waals surface area contributed by atoms with E-state index in [1.54, 1.807) is 23.6 Å². The quantitative estimate of drug-likeness (QED) is 0.275. The average molecular weight is 269 g/mol. The van der Waals surface area contributed by atoms with Crippen LogP contribution in [0.2, 0.25) is 0 Å². The fourth-order valence-electron chi connectivity index (χ4n) is 1.32. The Morgan fingerprint density at radius 1 is 1.33 bits per heavy atom. The van der Waals surface area contributed by atoms with Crippen molar-refractivity contribution in [2.45, 2.75) is 0 Å². The summed E-state index contributed by atoms with van der Waals surface area (Å²) in [5.41, 5.74) is -0.402. The second kappa shape index (κ2) is 6.26. The number of nitrogens with zero attached hydrogens (tertiary/aromatic N) is 1. The molecule has 1 unspecified atom stereocenters. The van der Waals surface area contributed by atoms with Gasteiger partial charge in [0.25, 0.3) is 0 Å². The highest BCUT2D eigenvalue weighted by Gasteiger charge is 2.23. The maximum atomic E-state index is 13.5. The van der Waals surface area contributed by atoms with Crippen LogP contribution in [0.5, 0.6) is 0 Å². The molecular weight excluding hydrogens is 256 g/mol. The van der Waals surface area contributed by atoms with Crippen molar-refractivity contribution in [3.8, 4) is 0 Å². The van der Waals surface area contributed by atoms with Gasteiger partial charge < -0.3 is 9.42 Å². The molecule has 0 aliphatic heterocycles. The van der Waals surface area contributed by atoms with Gasteiger partial charge in [-0.2, -0.15) is 0 Å². The SMILES string of the molecule is CN(C)C=C(C(=O)OP)C(=O)c1ccccc1F. The van der Waals surface area contributed by atoms with E-state index < -0.39 is 17.6 Å². The Morgan fingerprint density at radius 3 is 2.44 bits per heavy atom. The van der Waals surface area contributed by atoms with Crippen LogP contribution < -0.4 is 0 Å². The largest absolute Gasteiger partial charge is 0.448 e. The van der Waals surface area contributed by atoms with E-state index in [4.69, 9.17) is 0 Å². The molecule has 1 atom stereocenters. The van der Waals surface area contributed by atoms with Crippen LogP contribution in [0.3, 0.4) is 0 Å². The number of halogens is 1. The lowest BCUT2D eigenvalue weighted by atomic mass is 10.0. The molecule has 0 aliphatic rings. The van der Waals surface area contributed by atoms with E-state index in [9.17, 15) is 14.0 Å². The predicted octanol–water partition coefficient (Wildman–Crippen LogP) is 1.79. The maximum absolute atomic E-state index is 13.5. The first kappa shape index (κ1) is 14.3. The van der Waals surface area contributed by atoms with Crippen LogP contribution >= 0.6 is 9.47 Å². The number of hydrogen-bond acceptors (Lipinski definition) is 4. The van der Waals surface area contributed by atoms with Crippen molar-refractivity contribution in [2.75, 3.05) is 14.1 Å². The topological polar surface area (TPSA) is 46.6 Å². The predicted molar refractivity (Wildman–Crippen MR) is 68.3 cm³/mol. The van der Waals surface area contributed by atoms with E-state index >= 15 is 0 Å². The van der Waals surface area contributed by atoms with E-state index in [2.05, 4.69) is 4.52 Å². The molecule has 1 rings (SSSR count). The normalized spacial score (nSPS) is 11.0. The Balaban J connectivity index is 3.20. The van der Waals surface area contributed by atoms with Gasteiger partial charge in [-0.1, -0.05) is 12.1 Å². The van der Waals surface area contributed by atoms with Crippen LogP contribution in [0.25, 0.3) is 0 Å². The summed E-state index contributed by atoms with van der Waals surface area (Å²) < 4.78 is 17.9. The third-order valence-corrected chi connectivity index (χ3v) is 2.29. The molecule has 0 saturated carbocycles. The van der Waals surface area contributed by atoms with Gasteiger partial charge in [-0.15, -0.1) is 0 Å². The van der Waals surface area contributed by atoms with Crippen LogP contribution in [-0.4, -0.2) is 30.7 Å². The molecule has 1 aromatic carbocycles. The van der Waals surface area contributed by atoms with Crippen LogP contribution in [0, 0.1) is 5.82 Å². The molecule has 0 aliphatic carbocycles. The Labute approximate surface area is 107 Å². The fraction of sp³-hybridized carbons (Fsp3) is 0.167. The van der Waals surface area contributed by atoms with Crippen molar-refractivity contribution in [1.29, 1.82) is 0 Å². The highest BCUT2D eigenvalue weighted by molar-refractivity contribution is 7.10. The van der Waals surface area contributed by atoms with Crippen LogP contribution in [-0.2, 0) is 9.32 Å². The number of carbonyl (C=O) groups excluding carboxylic acids is 2. The summed E-state index contributed by atoms with van der Waals surface area (Å²) in [5.74, 6) is -2.22. The van der Waals surface area contributed by atoms with Crippen molar-refractivity contribution in [3.05, 3.63) is 47.4 Å². The van der Waals surface area contributed by atoms with E-state index in [1.165, 1.54) is 29.3 Å². The first-order valence-electron chi connectivity index (χ1n) is 5.06. The van der Waals surface area contributed by atoms with Crippen LogP contribution in [0.4, 0.5) is 4.39 Å². The lowest BCUT2D eigenvalue weighted by molar-refractivity contribution is -0.128. The number of hydrogen-bond donors (Lipinski definition) is 0. The van der Waals surface area contributed by atoms with E-state index in [0.29, 0.717) is 0 Å². The van der Waals surface area contributed by atoms with Gasteiger partial charge in [0.1, 0.15) is 11.4 Å². The second-order valence-corrected chi connectivity index (χ2v) is 3.96. The van der Waals surface area contributed by atoms with Crippen molar-refractivity contribution < 1.29 is 18.5 Å². The molecule has 18 heavy (non-hydrogen) atoms. The summed E-state index contributed by atoms with van der Waals surface area (Å²) in [5, 5.41) is 0. The molecule has 0 radical (unpaired) electrons. The molecule has 4 nitrogen and oxygen atoms in total. The Hall–Kier alpha value is -1.74. The first-order valence-corrected chi connectivity index (χ1v) is 5.53. The highest BCUT2D eigenvalue weighted by Crippen LogP contribution is 2.15. The molecule has 0 spiro atoms. The maximum Gasteiger partial charge on any atom is 0.345 e. The molecule has 0 bridgehead atoms. The average Bonchev–Trinajstić information content (AvgIpc) is 2.34. The third kappa shape index (κ3) is 3.37. The molecule has 0 heterocycles. The zero-order valence-corrected chi connectivity index (χ0v) is 11.2. The van der Waals surface area contributed by atoms with E-state index in [1.807, 2.05) is 0 Å². The van der Waals surface area contributed by atoms with Gasteiger partial charge in [0, 0.05) is 20.3 Å². The van der Waals surface area contributed by atoms with Crippen molar-refractivity contribution in [1.82, 2.24) is 4.90 Å². The first-order chi connectivity index (χ1) is 8.47. The summed E-state index contributed by atoms with van der Waals surface area (Å²) in [6.07, 6.45) is 1.29. The summed E-state index contributed by atoms with van der Waals surface area (Å²) >= 11 is 0. The highest BCUT2D eigenvalue weighted by atomic mass is 31.0. The molecule has 0 amide bonds. The van der Waals surface area contributed by atoms with Gasteiger partial charge in [0.2, 0.25) is 5.78 Å². The minimum atomic E-state index is -0.832. The number of ketones is 1. The lowest BCUT2D eigenvalue weighted by Crippen LogP contribution is -2.18. The number of Topliss-reactive ketones (excluding diaryl/α,β-unsaturated/α-hetero) is 1. The van der Waals surface area contributed by atoms with Gasteiger partial charge in [-0.25, -0.2) is 9.18 Å². The van der Waals surface area contributed by atoms with Crippen molar-refractivity contribution >= 4 is 21.2 Å². The zero-order valence-electron chi connectivity index (χ0n) is 10.0. The summed E-state index contributed by atoms with van der Waals surface area (Å²) in [6.45, 7) is 0. The van der Waals surface area contributed by atoms with Gasteiger partial charge >= 0.3 is 5.97 Å². The molecule has 96 valence electrons. The standard InChI is InChI=1S/C12H13FNO3P/c1-14(2)7-9(12(16)17-18)11(15)8-5-3-4-6-10(8)13/h3-7H,18H2,1-2H3. The lowest BCUT2D eigenvalue weighted by Gasteiger charge is -2.10. The molecule has 0 aromatic heterocycles. The monoisotopic (exact) mass is 269 g/mol. The summed E-state index contributed by atoms with van der Waals surface area (Å²) in [4.78, 5) is 25.1. The number of rotatable bonds is 4. The van der Waals surface area contributed by atoms with Gasteiger partial charge in [0.05, 0.1) is 15.0 Å². The summed E-state index contributed by atoms with van der Waals surface area (Å²) in [6, 6.07) is 5.47. The molecule has 0 N–H and O–H groups in total. The van der Waals surface area contributed by atoms with Gasteiger partial charge in [-0.3, -0.25) is 4.79 Å². The Kier molecular flexibility index (Phi) is 4.98. The Bertz CT molecular complexity index is 500.